The minimum absolute atomic E-state index is 0.156. The van der Waals surface area contributed by atoms with Gasteiger partial charge in [-0.05, 0) is 30.3 Å². The predicted molar refractivity (Wildman–Crippen MR) is 73.3 cm³/mol. The lowest BCUT2D eigenvalue weighted by atomic mass is 10.1. The molecule has 1 heterocycles. The molecule has 2 aromatic rings. The van der Waals surface area contributed by atoms with E-state index < -0.39 is 0 Å². The lowest BCUT2D eigenvalue weighted by Crippen LogP contribution is -2.29. The third-order valence-electron chi connectivity index (χ3n) is 3.06. The van der Waals surface area contributed by atoms with Crippen molar-refractivity contribution in [1.82, 2.24) is 0 Å². The summed E-state index contributed by atoms with van der Waals surface area (Å²) in [6.45, 7) is 1.69. The number of rotatable bonds is 1. The van der Waals surface area contributed by atoms with Gasteiger partial charge in [-0.1, -0.05) is 23.7 Å². The topological polar surface area (TPSA) is 15.3 Å². The van der Waals surface area contributed by atoms with Gasteiger partial charge in [0.1, 0.15) is 5.82 Å². The van der Waals surface area contributed by atoms with Crippen LogP contribution >= 0.6 is 11.6 Å². The zero-order chi connectivity index (χ0) is 12.5. The number of fused-ring (bicyclic) bond motifs is 1. The molecule has 92 valence electrons. The summed E-state index contributed by atoms with van der Waals surface area (Å²) in [6.07, 6.45) is 0. The summed E-state index contributed by atoms with van der Waals surface area (Å²) in [5.74, 6) is -0.385. The lowest BCUT2D eigenvalue weighted by molar-refractivity contribution is 0.628. The van der Waals surface area contributed by atoms with Crippen molar-refractivity contribution in [2.24, 2.45) is 0 Å². The number of benzene rings is 2. The number of hydrogen-bond acceptors (Lipinski definition) is 2. The fraction of sp³-hybridized carbons (Fsp3) is 0.143. The van der Waals surface area contributed by atoms with Gasteiger partial charge < -0.3 is 10.2 Å². The van der Waals surface area contributed by atoms with Gasteiger partial charge in [-0.15, -0.1) is 0 Å². The third-order valence-corrected chi connectivity index (χ3v) is 3.35. The zero-order valence-electron chi connectivity index (χ0n) is 9.66. The number of para-hydroxylation sites is 2. The minimum atomic E-state index is -0.385. The molecule has 1 aliphatic heterocycles. The Morgan fingerprint density at radius 1 is 1.17 bits per heavy atom. The summed E-state index contributed by atoms with van der Waals surface area (Å²) in [4.78, 5) is 2.14. The highest BCUT2D eigenvalue weighted by atomic mass is 35.5. The van der Waals surface area contributed by atoms with Crippen LogP contribution in [0.5, 0.6) is 0 Å². The van der Waals surface area contributed by atoms with E-state index >= 15 is 0 Å². The molecule has 0 saturated carbocycles. The number of nitrogens with one attached hydrogen (secondary N) is 1. The summed E-state index contributed by atoms with van der Waals surface area (Å²) in [6, 6.07) is 12.9. The van der Waals surface area contributed by atoms with E-state index in [9.17, 15) is 4.39 Å². The molecule has 2 aromatic carbocycles. The maximum absolute atomic E-state index is 13.2. The molecule has 3 rings (SSSR count). The van der Waals surface area contributed by atoms with E-state index in [-0.39, 0.29) is 10.8 Å². The Bertz CT molecular complexity index is 586. The molecule has 0 bridgehead atoms. The highest BCUT2D eigenvalue weighted by Crippen LogP contribution is 2.35. The second-order valence-electron chi connectivity index (χ2n) is 4.19. The first kappa shape index (κ1) is 11.4. The van der Waals surface area contributed by atoms with Crippen LogP contribution in [0.1, 0.15) is 0 Å². The SMILES string of the molecule is Fc1ccc(N2CCNc3ccccc32)cc1Cl. The van der Waals surface area contributed by atoms with Crippen molar-refractivity contribution in [3.8, 4) is 0 Å². The van der Waals surface area contributed by atoms with Crippen LogP contribution in [0.2, 0.25) is 5.02 Å². The minimum Gasteiger partial charge on any atom is -0.382 e. The van der Waals surface area contributed by atoms with Gasteiger partial charge in [-0.2, -0.15) is 0 Å². The molecular weight excluding hydrogens is 251 g/mol. The first-order chi connectivity index (χ1) is 8.75. The molecule has 0 spiro atoms. The molecule has 1 aliphatic rings. The predicted octanol–water partition coefficient (Wildman–Crippen LogP) is 4.04. The van der Waals surface area contributed by atoms with E-state index in [1.165, 1.54) is 6.07 Å². The Morgan fingerprint density at radius 2 is 2.00 bits per heavy atom. The van der Waals surface area contributed by atoms with Crippen molar-refractivity contribution < 1.29 is 4.39 Å². The molecule has 1 N–H and O–H groups in total. The molecule has 0 aliphatic carbocycles. The van der Waals surface area contributed by atoms with Gasteiger partial charge in [0.15, 0.2) is 0 Å². The third kappa shape index (κ3) is 1.91. The fourth-order valence-corrected chi connectivity index (χ4v) is 2.38. The van der Waals surface area contributed by atoms with Crippen LogP contribution in [0.4, 0.5) is 21.5 Å². The lowest BCUT2D eigenvalue weighted by Gasteiger charge is -2.32. The van der Waals surface area contributed by atoms with Crippen molar-refractivity contribution in [3.05, 3.63) is 53.3 Å². The molecule has 2 nitrogen and oxygen atoms in total. The number of halogens is 2. The van der Waals surface area contributed by atoms with Crippen LogP contribution in [0.25, 0.3) is 0 Å². The average Bonchev–Trinajstić information content (AvgIpc) is 2.41. The standard InChI is InChI=1S/C14H12ClFN2/c15-11-9-10(5-6-12(11)16)18-8-7-17-13-3-1-2-4-14(13)18/h1-6,9,17H,7-8H2. The van der Waals surface area contributed by atoms with Crippen LogP contribution in [0.15, 0.2) is 42.5 Å². The molecule has 0 aromatic heterocycles. The largest absolute Gasteiger partial charge is 0.382 e. The second kappa shape index (κ2) is 4.50. The molecule has 0 unspecified atom stereocenters. The van der Waals surface area contributed by atoms with Crippen molar-refractivity contribution >= 4 is 28.7 Å². The van der Waals surface area contributed by atoms with Crippen LogP contribution in [0, 0.1) is 5.82 Å². The quantitative estimate of drug-likeness (QED) is 0.834. The first-order valence-electron chi connectivity index (χ1n) is 5.81. The van der Waals surface area contributed by atoms with E-state index in [1.54, 1.807) is 12.1 Å². The van der Waals surface area contributed by atoms with Crippen LogP contribution < -0.4 is 10.2 Å². The zero-order valence-corrected chi connectivity index (χ0v) is 10.4. The Kier molecular flexibility index (Phi) is 2.84. The Balaban J connectivity index is 2.05. The Hall–Kier alpha value is -1.74. The average molecular weight is 263 g/mol. The van der Waals surface area contributed by atoms with Gasteiger partial charge in [0.05, 0.1) is 16.4 Å². The first-order valence-corrected chi connectivity index (χ1v) is 6.19. The highest BCUT2D eigenvalue weighted by Gasteiger charge is 2.17. The molecule has 0 radical (unpaired) electrons. The Labute approximate surface area is 110 Å². The van der Waals surface area contributed by atoms with Crippen molar-refractivity contribution in [2.45, 2.75) is 0 Å². The van der Waals surface area contributed by atoms with Gasteiger partial charge in [-0.3, -0.25) is 0 Å². The van der Waals surface area contributed by atoms with Gasteiger partial charge in [0, 0.05) is 18.8 Å². The molecule has 4 heteroatoms. The van der Waals surface area contributed by atoms with Crippen molar-refractivity contribution in [2.75, 3.05) is 23.3 Å². The summed E-state index contributed by atoms with van der Waals surface area (Å²) < 4.78 is 13.2. The number of anilines is 3. The van der Waals surface area contributed by atoms with Crippen LogP contribution in [0.3, 0.4) is 0 Å². The highest BCUT2D eigenvalue weighted by molar-refractivity contribution is 6.31. The van der Waals surface area contributed by atoms with Crippen LogP contribution in [-0.2, 0) is 0 Å². The van der Waals surface area contributed by atoms with Crippen molar-refractivity contribution in [1.29, 1.82) is 0 Å². The molecule has 0 saturated heterocycles. The fourth-order valence-electron chi connectivity index (χ4n) is 2.20. The van der Waals surface area contributed by atoms with E-state index in [0.29, 0.717) is 0 Å². The van der Waals surface area contributed by atoms with Gasteiger partial charge in [0.25, 0.3) is 0 Å². The second-order valence-corrected chi connectivity index (χ2v) is 4.60. The molecular formula is C14H12ClFN2. The summed E-state index contributed by atoms with van der Waals surface area (Å²) in [5.41, 5.74) is 3.09. The molecule has 0 fully saturated rings. The number of hydrogen-bond donors (Lipinski definition) is 1. The Morgan fingerprint density at radius 3 is 2.83 bits per heavy atom. The van der Waals surface area contributed by atoms with E-state index in [4.69, 9.17) is 11.6 Å². The monoisotopic (exact) mass is 262 g/mol. The smallest absolute Gasteiger partial charge is 0.141 e. The van der Waals surface area contributed by atoms with E-state index in [2.05, 4.69) is 10.2 Å². The summed E-state index contributed by atoms with van der Waals surface area (Å²) in [5, 5.41) is 3.50. The molecule has 18 heavy (non-hydrogen) atoms. The van der Waals surface area contributed by atoms with Crippen LogP contribution in [-0.4, -0.2) is 13.1 Å². The molecule has 0 atom stereocenters. The van der Waals surface area contributed by atoms with Crippen molar-refractivity contribution in [3.63, 3.8) is 0 Å². The number of nitrogens with zero attached hydrogens (tertiary/aromatic N) is 1. The maximum Gasteiger partial charge on any atom is 0.141 e. The summed E-state index contributed by atoms with van der Waals surface area (Å²) in [7, 11) is 0. The molecule has 0 amide bonds. The summed E-state index contributed by atoms with van der Waals surface area (Å²) >= 11 is 5.84. The van der Waals surface area contributed by atoms with Gasteiger partial charge >= 0.3 is 0 Å². The van der Waals surface area contributed by atoms with E-state index in [1.807, 2.05) is 24.3 Å². The normalized spacial score (nSPS) is 14.0. The van der Waals surface area contributed by atoms with E-state index in [0.717, 1.165) is 30.2 Å². The van der Waals surface area contributed by atoms with Gasteiger partial charge in [0.2, 0.25) is 0 Å². The van der Waals surface area contributed by atoms with Gasteiger partial charge in [-0.25, -0.2) is 4.39 Å². The maximum atomic E-state index is 13.2.